The highest BCUT2D eigenvalue weighted by Crippen LogP contribution is 1.95. The van der Waals surface area contributed by atoms with Crippen molar-refractivity contribution in [2.45, 2.75) is 19.9 Å². The van der Waals surface area contributed by atoms with E-state index in [1.165, 1.54) is 0 Å². The van der Waals surface area contributed by atoms with Gasteiger partial charge < -0.3 is 5.73 Å². The van der Waals surface area contributed by atoms with Gasteiger partial charge in [-0.2, -0.15) is 5.26 Å². The van der Waals surface area contributed by atoms with Crippen molar-refractivity contribution in [1.29, 1.82) is 5.26 Å². The van der Waals surface area contributed by atoms with Crippen LogP contribution in [0.5, 0.6) is 0 Å². The second-order valence-corrected chi connectivity index (χ2v) is 2.33. The molecule has 0 spiro atoms. The summed E-state index contributed by atoms with van der Waals surface area (Å²) in [5, 5.41) is 8.51. The minimum Gasteiger partial charge on any atom is -0.369 e. The van der Waals surface area contributed by atoms with Crippen molar-refractivity contribution < 1.29 is 4.79 Å². The lowest BCUT2D eigenvalue weighted by atomic mass is 10.3. The Hall–Kier alpha value is -1.08. The number of nitrogens with zero attached hydrogens (tertiary/aromatic N) is 2. The van der Waals surface area contributed by atoms with Gasteiger partial charge in [0, 0.05) is 0 Å². The second-order valence-electron chi connectivity index (χ2n) is 2.33. The molecule has 0 radical (unpaired) electrons. The van der Waals surface area contributed by atoms with Gasteiger partial charge in [-0.1, -0.05) is 6.92 Å². The SMILES string of the molecule is CCN(CC(N)=O)C(C)C#N. The van der Waals surface area contributed by atoms with Crippen LogP contribution >= 0.6 is 0 Å². The predicted molar refractivity (Wildman–Crippen MR) is 41.5 cm³/mol. The summed E-state index contributed by atoms with van der Waals surface area (Å²) in [4.78, 5) is 12.2. The summed E-state index contributed by atoms with van der Waals surface area (Å²) in [6.07, 6.45) is 0. The van der Waals surface area contributed by atoms with Gasteiger partial charge in [-0.25, -0.2) is 0 Å². The number of carbonyl (C=O) groups is 1. The molecule has 0 aliphatic carbocycles. The molecule has 4 heteroatoms. The van der Waals surface area contributed by atoms with Crippen LogP contribution < -0.4 is 5.73 Å². The van der Waals surface area contributed by atoms with Crippen LogP contribution in [0.15, 0.2) is 0 Å². The van der Waals surface area contributed by atoms with Crippen LogP contribution in [0, 0.1) is 11.3 Å². The molecule has 0 fully saturated rings. The normalized spacial score (nSPS) is 12.5. The van der Waals surface area contributed by atoms with Crippen LogP contribution in [-0.2, 0) is 4.79 Å². The number of primary amides is 1. The van der Waals surface area contributed by atoms with Crippen molar-refractivity contribution in [2.24, 2.45) is 5.73 Å². The fraction of sp³-hybridized carbons (Fsp3) is 0.714. The van der Waals surface area contributed by atoms with Gasteiger partial charge in [0.05, 0.1) is 18.7 Å². The van der Waals surface area contributed by atoms with E-state index in [-0.39, 0.29) is 12.6 Å². The van der Waals surface area contributed by atoms with E-state index in [1.807, 2.05) is 13.0 Å². The molecular formula is C7H13N3O. The van der Waals surface area contributed by atoms with Crippen LogP contribution in [0.2, 0.25) is 0 Å². The highest BCUT2D eigenvalue weighted by Gasteiger charge is 2.12. The van der Waals surface area contributed by atoms with Crippen molar-refractivity contribution in [3.05, 3.63) is 0 Å². The summed E-state index contributed by atoms with van der Waals surface area (Å²) in [5.74, 6) is -0.394. The Morgan fingerprint density at radius 1 is 1.82 bits per heavy atom. The molecule has 0 aromatic rings. The van der Waals surface area contributed by atoms with Gasteiger partial charge in [-0.3, -0.25) is 9.69 Å². The Kier molecular flexibility index (Phi) is 4.23. The maximum Gasteiger partial charge on any atom is 0.231 e. The monoisotopic (exact) mass is 155 g/mol. The average molecular weight is 155 g/mol. The molecule has 0 heterocycles. The van der Waals surface area contributed by atoms with E-state index >= 15 is 0 Å². The van der Waals surface area contributed by atoms with Crippen LogP contribution in [-0.4, -0.2) is 29.9 Å². The van der Waals surface area contributed by atoms with Gasteiger partial charge in [0.25, 0.3) is 0 Å². The molecule has 62 valence electrons. The smallest absolute Gasteiger partial charge is 0.231 e. The molecular weight excluding hydrogens is 142 g/mol. The molecule has 1 amide bonds. The number of nitrogens with two attached hydrogens (primary N) is 1. The van der Waals surface area contributed by atoms with Crippen LogP contribution in [0.3, 0.4) is 0 Å². The molecule has 0 aromatic carbocycles. The fourth-order valence-corrected chi connectivity index (χ4v) is 0.804. The lowest BCUT2D eigenvalue weighted by molar-refractivity contribution is -0.119. The van der Waals surface area contributed by atoms with E-state index in [1.54, 1.807) is 11.8 Å². The molecule has 4 nitrogen and oxygen atoms in total. The third kappa shape index (κ3) is 3.58. The predicted octanol–water partition coefficient (Wildman–Crippen LogP) is -0.294. The van der Waals surface area contributed by atoms with Gasteiger partial charge in [0.1, 0.15) is 0 Å². The Balaban J connectivity index is 3.97. The topological polar surface area (TPSA) is 70.1 Å². The van der Waals surface area contributed by atoms with Crippen molar-refractivity contribution in [1.82, 2.24) is 4.90 Å². The van der Waals surface area contributed by atoms with Crippen LogP contribution in [0.1, 0.15) is 13.8 Å². The molecule has 0 saturated heterocycles. The molecule has 11 heavy (non-hydrogen) atoms. The molecule has 0 bridgehead atoms. The first-order valence-corrected chi connectivity index (χ1v) is 3.53. The summed E-state index contributed by atoms with van der Waals surface area (Å²) in [7, 11) is 0. The van der Waals surface area contributed by atoms with Crippen LogP contribution in [0.25, 0.3) is 0 Å². The van der Waals surface area contributed by atoms with Crippen molar-refractivity contribution in [3.63, 3.8) is 0 Å². The van der Waals surface area contributed by atoms with Crippen molar-refractivity contribution >= 4 is 5.91 Å². The molecule has 0 aliphatic heterocycles. The van der Waals surface area contributed by atoms with Crippen molar-refractivity contribution in [2.75, 3.05) is 13.1 Å². The Bertz CT molecular complexity index is 173. The second kappa shape index (κ2) is 4.69. The molecule has 0 saturated carbocycles. The Morgan fingerprint density at radius 3 is 2.64 bits per heavy atom. The van der Waals surface area contributed by atoms with Gasteiger partial charge >= 0.3 is 0 Å². The van der Waals surface area contributed by atoms with Crippen LogP contribution in [0.4, 0.5) is 0 Å². The molecule has 0 aromatic heterocycles. The third-order valence-electron chi connectivity index (χ3n) is 1.50. The summed E-state index contributed by atoms with van der Waals surface area (Å²) in [6.45, 7) is 4.45. The number of hydrogen-bond acceptors (Lipinski definition) is 3. The summed E-state index contributed by atoms with van der Waals surface area (Å²) in [6, 6.07) is 1.80. The minimum atomic E-state index is -0.394. The van der Waals surface area contributed by atoms with Gasteiger partial charge in [0.15, 0.2) is 0 Å². The van der Waals surface area contributed by atoms with E-state index in [2.05, 4.69) is 0 Å². The van der Waals surface area contributed by atoms with E-state index in [0.29, 0.717) is 6.54 Å². The average Bonchev–Trinajstić information content (AvgIpc) is 1.98. The first-order valence-electron chi connectivity index (χ1n) is 3.53. The maximum atomic E-state index is 10.5. The summed E-state index contributed by atoms with van der Waals surface area (Å²) >= 11 is 0. The zero-order valence-corrected chi connectivity index (χ0v) is 6.87. The molecule has 0 rings (SSSR count). The Labute approximate surface area is 66.6 Å². The number of carbonyl (C=O) groups excluding carboxylic acids is 1. The summed E-state index contributed by atoms with van der Waals surface area (Å²) < 4.78 is 0. The first kappa shape index (κ1) is 9.92. The highest BCUT2D eigenvalue weighted by atomic mass is 16.1. The maximum absolute atomic E-state index is 10.5. The molecule has 1 unspecified atom stereocenters. The van der Waals surface area contributed by atoms with Gasteiger partial charge in [0.2, 0.25) is 5.91 Å². The highest BCUT2D eigenvalue weighted by molar-refractivity contribution is 5.76. The number of amides is 1. The summed E-state index contributed by atoms with van der Waals surface area (Å²) in [5.41, 5.74) is 4.97. The molecule has 1 atom stereocenters. The quantitative estimate of drug-likeness (QED) is 0.606. The lowest BCUT2D eigenvalue weighted by Crippen LogP contribution is -2.38. The standard InChI is InChI=1S/C7H13N3O/c1-3-10(5-7(9)11)6(2)4-8/h6H,3,5H2,1-2H3,(H2,9,11). The van der Waals surface area contributed by atoms with E-state index in [0.717, 1.165) is 0 Å². The largest absolute Gasteiger partial charge is 0.369 e. The van der Waals surface area contributed by atoms with Gasteiger partial charge in [-0.15, -0.1) is 0 Å². The zero-order chi connectivity index (χ0) is 8.85. The van der Waals surface area contributed by atoms with E-state index in [9.17, 15) is 4.79 Å². The number of likely N-dealkylation sites (N-methyl/N-ethyl adjacent to an activating group) is 1. The molecule has 2 N–H and O–H groups in total. The molecule has 0 aliphatic rings. The van der Waals surface area contributed by atoms with E-state index < -0.39 is 5.91 Å². The Morgan fingerprint density at radius 2 is 2.36 bits per heavy atom. The fourth-order valence-electron chi connectivity index (χ4n) is 0.804. The third-order valence-corrected chi connectivity index (χ3v) is 1.50. The first-order chi connectivity index (χ1) is 5.11. The van der Waals surface area contributed by atoms with E-state index in [4.69, 9.17) is 11.0 Å². The minimum absolute atomic E-state index is 0.158. The van der Waals surface area contributed by atoms with Gasteiger partial charge in [-0.05, 0) is 13.5 Å². The number of rotatable bonds is 4. The van der Waals surface area contributed by atoms with Crippen molar-refractivity contribution in [3.8, 4) is 6.07 Å². The number of hydrogen-bond donors (Lipinski definition) is 1. The lowest BCUT2D eigenvalue weighted by Gasteiger charge is -2.20. The zero-order valence-electron chi connectivity index (χ0n) is 6.87. The number of nitriles is 1.